The van der Waals surface area contributed by atoms with Gasteiger partial charge in [0.15, 0.2) is 0 Å². The molecule has 1 N–H and O–H groups in total. The predicted molar refractivity (Wildman–Crippen MR) is 53.1 cm³/mol. The van der Waals surface area contributed by atoms with Crippen LogP contribution < -0.4 is 0 Å². The summed E-state index contributed by atoms with van der Waals surface area (Å²) in [6.07, 6.45) is -1.98. The lowest BCUT2D eigenvalue weighted by Gasteiger charge is -2.10. The Morgan fingerprint density at radius 3 is 2.47 bits per heavy atom. The van der Waals surface area contributed by atoms with E-state index in [2.05, 4.69) is 5.10 Å². The lowest BCUT2D eigenvalue weighted by atomic mass is 10.2. The van der Waals surface area contributed by atoms with Gasteiger partial charge in [-0.2, -0.15) is 5.10 Å². The third-order valence-corrected chi connectivity index (χ3v) is 2.75. The van der Waals surface area contributed by atoms with Gasteiger partial charge in [0.05, 0.1) is 12.6 Å². The van der Waals surface area contributed by atoms with Crippen molar-refractivity contribution in [3.63, 3.8) is 0 Å². The van der Waals surface area contributed by atoms with Gasteiger partial charge in [0.25, 0.3) is 6.43 Å². The van der Waals surface area contributed by atoms with Gasteiger partial charge in [-0.25, -0.2) is 8.78 Å². The SMILES string of the molecule is CCC(C)n1nc(C(F)F)c(CO)c1Cl. The fourth-order valence-electron chi connectivity index (χ4n) is 1.25. The fraction of sp³-hybridized carbons (Fsp3) is 0.667. The topological polar surface area (TPSA) is 38.0 Å². The monoisotopic (exact) mass is 238 g/mol. The number of nitrogens with zero attached hydrogens (tertiary/aromatic N) is 2. The maximum absolute atomic E-state index is 12.5. The van der Waals surface area contributed by atoms with E-state index in [1.54, 1.807) is 0 Å². The first-order chi connectivity index (χ1) is 7.02. The predicted octanol–water partition coefficient (Wildman–Crippen LogP) is 2.94. The molecule has 1 aromatic heterocycles. The summed E-state index contributed by atoms with van der Waals surface area (Å²) in [6.45, 7) is 3.22. The molecule has 1 atom stereocenters. The Kier molecular flexibility index (Phi) is 4.04. The lowest BCUT2D eigenvalue weighted by molar-refractivity contribution is 0.140. The second-order valence-corrected chi connectivity index (χ2v) is 3.67. The zero-order valence-corrected chi connectivity index (χ0v) is 9.30. The summed E-state index contributed by atoms with van der Waals surface area (Å²) >= 11 is 5.85. The van der Waals surface area contributed by atoms with Crippen LogP contribution in [0.5, 0.6) is 0 Å². The van der Waals surface area contributed by atoms with Crippen LogP contribution >= 0.6 is 11.6 Å². The van der Waals surface area contributed by atoms with Crippen LogP contribution in [0.15, 0.2) is 0 Å². The van der Waals surface area contributed by atoms with E-state index < -0.39 is 18.7 Å². The normalized spacial score (nSPS) is 13.5. The average molecular weight is 239 g/mol. The van der Waals surface area contributed by atoms with E-state index in [0.717, 1.165) is 6.42 Å². The van der Waals surface area contributed by atoms with Crippen LogP contribution in [0, 0.1) is 0 Å². The average Bonchev–Trinajstić information content (AvgIpc) is 2.54. The number of aromatic nitrogens is 2. The first-order valence-corrected chi connectivity index (χ1v) is 5.06. The Hall–Kier alpha value is -0.680. The van der Waals surface area contributed by atoms with Crippen molar-refractivity contribution in [1.82, 2.24) is 9.78 Å². The second kappa shape index (κ2) is 4.90. The van der Waals surface area contributed by atoms with Crippen LogP contribution in [-0.2, 0) is 6.61 Å². The van der Waals surface area contributed by atoms with Gasteiger partial charge in [-0.3, -0.25) is 4.68 Å². The molecule has 0 saturated heterocycles. The maximum Gasteiger partial charge on any atom is 0.282 e. The minimum absolute atomic E-state index is 0.0203. The maximum atomic E-state index is 12.5. The first kappa shape index (κ1) is 12.4. The fourth-order valence-corrected chi connectivity index (χ4v) is 1.61. The minimum Gasteiger partial charge on any atom is -0.391 e. The molecule has 1 rings (SSSR count). The van der Waals surface area contributed by atoms with Gasteiger partial charge in [-0.1, -0.05) is 18.5 Å². The highest BCUT2D eigenvalue weighted by molar-refractivity contribution is 6.30. The highest BCUT2D eigenvalue weighted by atomic mass is 35.5. The van der Waals surface area contributed by atoms with Gasteiger partial charge in [0.2, 0.25) is 0 Å². The van der Waals surface area contributed by atoms with Crippen molar-refractivity contribution in [3.05, 3.63) is 16.4 Å². The minimum atomic E-state index is -2.71. The Labute approximate surface area is 91.7 Å². The quantitative estimate of drug-likeness (QED) is 0.876. The Bertz CT molecular complexity index is 341. The van der Waals surface area contributed by atoms with Crippen molar-refractivity contribution >= 4 is 11.6 Å². The molecule has 0 bridgehead atoms. The van der Waals surface area contributed by atoms with Gasteiger partial charge in [-0.05, 0) is 13.3 Å². The molecule has 0 aliphatic rings. The van der Waals surface area contributed by atoms with Gasteiger partial charge < -0.3 is 5.11 Å². The molecule has 0 aliphatic carbocycles. The summed E-state index contributed by atoms with van der Waals surface area (Å²) in [5, 5.41) is 12.8. The summed E-state index contributed by atoms with van der Waals surface area (Å²) < 4.78 is 26.4. The van der Waals surface area contributed by atoms with Crippen LogP contribution in [0.3, 0.4) is 0 Å². The molecule has 0 fully saturated rings. The number of rotatable bonds is 4. The zero-order valence-electron chi connectivity index (χ0n) is 8.54. The largest absolute Gasteiger partial charge is 0.391 e. The van der Waals surface area contributed by atoms with E-state index in [1.807, 2.05) is 13.8 Å². The summed E-state index contributed by atoms with van der Waals surface area (Å²) in [7, 11) is 0. The van der Waals surface area contributed by atoms with Crippen LogP contribution in [0.25, 0.3) is 0 Å². The number of alkyl halides is 2. The molecule has 3 nitrogen and oxygen atoms in total. The van der Waals surface area contributed by atoms with Crippen molar-refractivity contribution in [1.29, 1.82) is 0 Å². The molecule has 0 aromatic carbocycles. The number of aliphatic hydroxyl groups excluding tert-OH is 1. The van der Waals surface area contributed by atoms with Gasteiger partial charge in [0.1, 0.15) is 10.8 Å². The number of hydrogen-bond donors (Lipinski definition) is 1. The molecule has 0 spiro atoms. The number of aliphatic hydroxyl groups is 1. The molecule has 1 aromatic rings. The van der Waals surface area contributed by atoms with E-state index in [0.29, 0.717) is 0 Å². The zero-order chi connectivity index (χ0) is 11.6. The van der Waals surface area contributed by atoms with E-state index in [4.69, 9.17) is 16.7 Å². The summed E-state index contributed by atoms with van der Waals surface area (Å²) in [5.41, 5.74) is -0.408. The summed E-state index contributed by atoms with van der Waals surface area (Å²) in [6, 6.07) is -0.0599. The van der Waals surface area contributed by atoms with E-state index in [9.17, 15) is 8.78 Å². The molecule has 6 heteroatoms. The van der Waals surface area contributed by atoms with Crippen LogP contribution in [-0.4, -0.2) is 14.9 Å². The van der Waals surface area contributed by atoms with E-state index in [-0.39, 0.29) is 16.8 Å². The molecule has 15 heavy (non-hydrogen) atoms. The molecule has 0 radical (unpaired) electrons. The lowest BCUT2D eigenvalue weighted by Crippen LogP contribution is -2.06. The Balaban J connectivity index is 3.20. The van der Waals surface area contributed by atoms with Crippen LogP contribution in [0.1, 0.15) is 44.0 Å². The smallest absolute Gasteiger partial charge is 0.282 e. The summed E-state index contributed by atoms with van der Waals surface area (Å²) in [4.78, 5) is 0. The molecule has 0 aliphatic heterocycles. The molecule has 1 heterocycles. The van der Waals surface area contributed by atoms with E-state index >= 15 is 0 Å². The number of hydrogen-bond acceptors (Lipinski definition) is 2. The van der Waals surface area contributed by atoms with E-state index in [1.165, 1.54) is 4.68 Å². The molecule has 86 valence electrons. The molecule has 0 saturated carbocycles. The standard InChI is InChI=1S/C9H13ClF2N2O/c1-3-5(2)14-8(10)6(4-15)7(13-14)9(11)12/h5,9,15H,3-4H2,1-2H3. The molecular weight excluding hydrogens is 226 g/mol. The Morgan fingerprint density at radius 1 is 1.53 bits per heavy atom. The van der Waals surface area contributed by atoms with Crippen molar-refractivity contribution in [3.8, 4) is 0 Å². The Morgan fingerprint density at radius 2 is 2.13 bits per heavy atom. The van der Waals surface area contributed by atoms with Gasteiger partial charge in [-0.15, -0.1) is 0 Å². The van der Waals surface area contributed by atoms with Crippen LogP contribution in [0.4, 0.5) is 8.78 Å². The van der Waals surface area contributed by atoms with Crippen molar-refractivity contribution < 1.29 is 13.9 Å². The highest BCUT2D eigenvalue weighted by Crippen LogP contribution is 2.30. The molecular formula is C9H13ClF2N2O. The summed E-state index contributed by atoms with van der Waals surface area (Å²) in [5.74, 6) is 0. The first-order valence-electron chi connectivity index (χ1n) is 4.68. The third-order valence-electron chi connectivity index (χ3n) is 2.35. The molecule has 1 unspecified atom stereocenters. The second-order valence-electron chi connectivity index (χ2n) is 3.32. The van der Waals surface area contributed by atoms with Crippen molar-refractivity contribution in [2.24, 2.45) is 0 Å². The third kappa shape index (κ3) is 2.29. The van der Waals surface area contributed by atoms with Crippen molar-refractivity contribution in [2.45, 2.75) is 39.3 Å². The number of halogens is 3. The highest BCUT2D eigenvalue weighted by Gasteiger charge is 2.23. The molecule has 0 amide bonds. The van der Waals surface area contributed by atoms with Crippen molar-refractivity contribution in [2.75, 3.05) is 0 Å². The van der Waals surface area contributed by atoms with Crippen LogP contribution in [0.2, 0.25) is 5.15 Å². The van der Waals surface area contributed by atoms with Gasteiger partial charge >= 0.3 is 0 Å². The van der Waals surface area contributed by atoms with Gasteiger partial charge in [0, 0.05) is 5.56 Å².